The summed E-state index contributed by atoms with van der Waals surface area (Å²) in [6, 6.07) is 1.21. The van der Waals surface area contributed by atoms with Crippen molar-refractivity contribution in [1.29, 1.82) is 0 Å². The summed E-state index contributed by atoms with van der Waals surface area (Å²) in [5.74, 6) is 0. The van der Waals surface area contributed by atoms with Gasteiger partial charge in [-0.3, -0.25) is 0 Å². The molecule has 0 spiro atoms. The lowest BCUT2D eigenvalue weighted by molar-refractivity contribution is 0.224. The molecule has 0 amide bonds. The van der Waals surface area contributed by atoms with E-state index in [1.54, 1.807) is 0 Å². The van der Waals surface area contributed by atoms with Gasteiger partial charge >= 0.3 is 0 Å². The third-order valence-corrected chi connectivity index (χ3v) is 2.57. The molecule has 0 radical (unpaired) electrons. The van der Waals surface area contributed by atoms with Gasteiger partial charge in [0.05, 0.1) is 6.61 Å². The number of rotatable bonds is 3. The average molecular weight is 172 g/mol. The number of hydrogen-bond donors (Lipinski definition) is 3. The predicted octanol–water partition coefficient (Wildman–Crippen LogP) is 0.227. The van der Waals surface area contributed by atoms with Crippen molar-refractivity contribution in [2.24, 2.45) is 5.73 Å². The third-order valence-electron chi connectivity index (χ3n) is 2.57. The summed E-state index contributed by atoms with van der Waals surface area (Å²) in [4.78, 5) is 0. The highest BCUT2D eigenvalue weighted by Gasteiger charge is 2.18. The lowest BCUT2D eigenvalue weighted by atomic mass is 9.91. The second-order valence-electron chi connectivity index (χ2n) is 3.86. The Morgan fingerprint density at radius 2 is 2.00 bits per heavy atom. The van der Waals surface area contributed by atoms with Gasteiger partial charge in [0.1, 0.15) is 0 Å². The van der Waals surface area contributed by atoms with Gasteiger partial charge in [-0.05, 0) is 32.6 Å². The van der Waals surface area contributed by atoms with Crippen LogP contribution in [0, 0.1) is 0 Å². The molecule has 1 atom stereocenters. The molecule has 0 aliphatic heterocycles. The van der Waals surface area contributed by atoms with Crippen LogP contribution in [0.15, 0.2) is 0 Å². The quantitative estimate of drug-likeness (QED) is 0.571. The van der Waals surface area contributed by atoms with Crippen LogP contribution in [0.5, 0.6) is 0 Å². The maximum absolute atomic E-state index is 8.83. The molecule has 3 heteroatoms. The molecule has 1 rings (SSSR count). The highest BCUT2D eigenvalue weighted by molar-refractivity contribution is 4.80. The molecule has 0 bridgehead atoms. The summed E-state index contributed by atoms with van der Waals surface area (Å²) in [6.45, 7) is 2.23. The molecule has 0 aromatic rings. The van der Waals surface area contributed by atoms with Crippen molar-refractivity contribution < 1.29 is 5.11 Å². The first-order chi connectivity index (χ1) is 5.72. The van der Waals surface area contributed by atoms with Gasteiger partial charge in [0.2, 0.25) is 0 Å². The Morgan fingerprint density at radius 1 is 1.42 bits per heavy atom. The Morgan fingerprint density at radius 3 is 2.50 bits per heavy atom. The van der Waals surface area contributed by atoms with E-state index in [9.17, 15) is 0 Å². The Labute approximate surface area is 74.3 Å². The van der Waals surface area contributed by atoms with Crippen molar-refractivity contribution in [2.75, 3.05) is 6.61 Å². The van der Waals surface area contributed by atoms with Crippen molar-refractivity contribution in [3.63, 3.8) is 0 Å². The van der Waals surface area contributed by atoms with Crippen LogP contribution in [0.25, 0.3) is 0 Å². The monoisotopic (exact) mass is 172 g/mol. The van der Waals surface area contributed by atoms with E-state index in [2.05, 4.69) is 5.32 Å². The van der Waals surface area contributed by atoms with Crippen molar-refractivity contribution in [1.82, 2.24) is 5.32 Å². The zero-order valence-corrected chi connectivity index (χ0v) is 7.79. The van der Waals surface area contributed by atoms with Crippen molar-refractivity contribution in [3.8, 4) is 0 Å². The zero-order valence-electron chi connectivity index (χ0n) is 7.79. The van der Waals surface area contributed by atoms with E-state index in [4.69, 9.17) is 10.8 Å². The molecule has 3 nitrogen and oxygen atoms in total. The number of nitrogens with one attached hydrogen (secondary N) is 1. The van der Waals surface area contributed by atoms with Gasteiger partial charge in [0, 0.05) is 18.1 Å². The highest BCUT2D eigenvalue weighted by atomic mass is 16.3. The van der Waals surface area contributed by atoms with E-state index in [-0.39, 0.29) is 12.6 Å². The normalized spacial score (nSPS) is 33.2. The Kier molecular flexibility index (Phi) is 3.98. The minimum Gasteiger partial charge on any atom is -0.395 e. The number of aliphatic hydroxyl groups excluding tert-OH is 1. The number of hydrogen-bond acceptors (Lipinski definition) is 3. The van der Waals surface area contributed by atoms with E-state index in [1.807, 2.05) is 6.92 Å². The third kappa shape index (κ3) is 3.09. The number of nitrogens with two attached hydrogens (primary N) is 1. The molecule has 1 saturated carbocycles. The van der Waals surface area contributed by atoms with Crippen LogP contribution in [0.3, 0.4) is 0 Å². The first-order valence-corrected chi connectivity index (χ1v) is 4.85. The van der Waals surface area contributed by atoms with Crippen molar-refractivity contribution in [2.45, 2.75) is 50.7 Å². The molecule has 72 valence electrons. The maximum Gasteiger partial charge on any atom is 0.0582 e. The van der Waals surface area contributed by atoms with Crippen LogP contribution < -0.4 is 11.1 Å². The minimum absolute atomic E-state index is 0.225. The fourth-order valence-electron chi connectivity index (χ4n) is 1.74. The van der Waals surface area contributed by atoms with Crippen molar-refractivity contribution in [3.05, 3.63) is 0 Å². The molecular weight excluding hydrogens is 152 g/mol. The van der Waals surface area contributed by atoms with Gasteiger partial charge < -0.3 is 16.2 Å². The van der Waals surface area contributed by atoms with E-state index in [0.29, 0.717) is 12.1 Å². The highest BCUT2D eigenvalue weighted by Crippen LogP contribution is 2.17. The standard InChI is InChI=1S/C9H20N2O/c1-7(6-12)11-9-4-2-8(10)3-5-9/h7-9,11-12H,2-6,10H2,1H3/t7-,8?,9?/m1/s1. The van der Waals surface area contributed by atoms with Crippen LogP contribution in [0.1, 0.15) is 32.6 Å². The smallest absolute Gasteiger partial charge is 0.0582 e. The molecule has 0 saturated heterocycles. The Bertz CT molecular complexity index is 122. The molecule has 1 aliphatic rings. The Hall–Kier alpha value is -0.120. The zero-order chi connectivity index (χ0) is 8.97. The van der Waals surface area contributed by atoms with Gasteiger partial charge in [-0.15, -0.1) is 0 Å². The Balaban J connectivity index is 2.17. The maximum atomic E-state index is 8.83. The summed E-state index contributed by atoms with van der Waals surface area (Å²) >= 11 is 0. The molecule has 0 unspecified atom stereocenters. The summed E-state index contributed by atoms with van der Waals surface area (Å²) in [5, 5.41) is 12.2. The summed E-state index contributed by atoms with van der Waals surface area (Å²) in [7, 11) is 0. The van der Waals surface area contributed by atoms with Gasteiger partial charge in [0.25, 0.3) is 0 Å². The molecule has 12 heavy (non-hydrogen) atoms. The van der Waals surface area contributed by atoms with Crippen molar-refractivity contribution >= 4 is 0 Å². The van der Waals surface area contributed by atoms with Gasteiger partial charge in [-0.2, -0.15) is 0 Å². The average Bonchev–Trinajstić information content (AvgIpc) is 2.09. The minimum atomic E-state index is 0.225. The summed E-state index contributed by atoms with van der Waals surface area (Å²) < 4.78 is 0. The summed E-state index contributed by atoms with van der Waals surface area (Å²) in [5.41, 5.74) is 5.78. The molecule has 0 aromatic carbocycles. The van der Waals surface area contributed by atoms with E-state index in [1.165, 1.54) is 0 Å². The second kappa shape index (κ2) is 4.80. The lowest BCUT2D eigenvalue weighted by Crippen LogP contribution is -2.42. The first kappa shape index (κ1) is 9.96. The van der Waals surface area contributed by atoms with E-state index >= 15 is 0 Å². The fraction of sp³-hybridized carbons (Fsp3) is 1.00. The SMILES string of the molecule is C[C@H](CO)NC1CCC(N)CC1. The molecule has 0 aromatic heterocycles. The molecule has 0 heterocycles. The molecule has 1 aliphatic carbocycles. The predicted molar refractivity (Wildman–Crippen MR) is 49.9 cm³/mol. The van der Waals surface area contributed by atoms with E-state index in [0.717, 1.165) is 25.7 Å². The van der Waals surface area contributed by atoms with Gasteiger partial charge in [-0.25, -0.2) is 0 Å². The van der Waals surface area contributed by atoms with Crippen LogP contribution in [0.4, 0.5) is 0 Å². The topological polar surface area (TPSA) is 58.3 Å². The van der Waals surface area contributed by atoms with Crippen LogP contribution in [-0.4, -0.2) is 29.8 Å². The lowest BCUT2D eigenvalue weighted by Gasteiger charge is -2.28. The van der Waals surface area contributed by atoms with E-state index < -0.39 is 0 Å². The molecular formula is C9H20N2O. The van der Waals surface area contributed by atoms with Gasteiger partial charge in [0.15, 0.2) is 0 Å². The van der Waals surface area contributed by atoms with Crippen LogP contribution >= 0.6 is 0 Å². The largest absolute Gasteiger partial charge is 0.395 e. The first-order valence-electron chi connectivity index (χ1n) is 4.85. The molecule has 4 N–H and O–H groups in total. The number of aliphatic hydroxyl groups is 1. The molecule has 1 fully saturated rings. The van der Waals surface area contributed by atoms with Gasteiger partial charge in [-0.1, -0.05) is 0 Å². The summed E-state index contributed by atoms with van der Waals surface area (Å²) in [6.07, 6.45) is 4.56. The second-order valence-corrected chi connectivity index (χ2v) is 3.86. The van der Waals surface area contributed by atoms with Crippen LogP contribution in [0.2, 0.25) is 0 Å². The van der Waals surface area contributed by atoms with Crippen LogP contribution in [-0.2, 0) is 0 Å². The fourth-order valence-corrected chi connectivity index (χ4v) is 1.74.